The van der Waals surface area contributed by atoms with E-state index in [-0.39, 0.29) is 24.5 Å². The van der Waals surface area contributed by atoms with Crippen molar-refractivity contribution < 1.29 is 19.1 Å². The number of benzene rings is 1. The van der Waals surface area contributed by atoms with Crippen molar-refractivity contribution >= 4 is 23.0 Å². The summed E-state index contributed by atoms with van der Waals surface area (Å²) in [7, 11) is 0. The highest BCUT2D eigenvalue weighted by atomic mass is 16.6. The van der Waals surface area contributed by atoms with E-state index in [1.165, 1.54) is 0 Å². The third-order valence-electron chi connectivity index (χ3n) is 4.94. The van der Waals surface area contributed by atoms with Gasteiger partial charge in [-0.3, -0.25) is 9.78 Å². The average molecular weight is 384 g/mol. The second-order valence-corrected chi connectivity index (χ2v) is 8.10. The molecule has 0 N–H and O–H groups in total. The SMILES string of the molecule is CCOC(=O)C1CN(C(=O)OC(C)(C)C)CCC1c1ccnc2ccccc12. The molecule has 2 unspecified atom stereocenters. The molecule has 1 saturated heterocycles. The Morgan fingerprint density at radius 3 is 2.68 bits per heavy atom. The standard InChI is InChI=1S/C22H28N2O4/c1-5-27-20(25)18-14-24(21(26)28-22(2,3)4)13-11-16(18)15-10-12-23-19-9-7-6-8-17(15)19/h6-10,12,16,18H,5,11,13-14H2,1-4H3. The van der Waals surface area contributed by atoms with Crippen LogP contribution >= 0.6 is 0 Å². The van der Waals surface area contributed by atoms with Crippen LogP contribution < -0.4 is 0 Å². The summed E-state index contributed by atoms with van der Waals surface area (Å²) in [6, 6.07) is 9.90. The van der Waals surface area contributed by atoms with Crippen molar-refractivity contribution in [1.29, 1.82) is 0 Å². The molecule has 0 aliphatic carbocycles. The zero-order chi connectivity index (χ0) is 20.3. The van der Waals surface area contributed by atoms with Gasteiger partial charge < -0.3 is 14.4 Å². The van der Waals surface area contributed by atoms with E-state index in [9.17, 15) is 9.59 Å². The number of para-hydroxylation sites is 1. The van der Waals surface area contributed by atoms with Crippen LogP contribution in [0.25, 0.3) is 10.9 Å². The molecule has 1 aromatic heterocycles. The average Bonchev–Trinajstić information content (AvgIpc) is 2.66. The lowest BCUT2D eigenvalue weighted by atomic mass is 9.79. The van der Waals surface area contributed by atoms with Crippen LogP contribution in [0.5, 0.6) is 0 Å². The van der Waals surface area contributed by atoms with E-state index in [0.717, 1.165) is 16.5 Å². The predicted octanol–water partition coefficient (Wildman–Crippen LogP) is 4.14. The molecule has 2 heterocycles. The number of hydrogen-bond donors (Lipinski definition) is 0. The summed E-state index contributed by atoms with van der Waals surface area (Å²) in [6.07, 6.45) is 2.05. The monoisotopic (exact) mass is 384 g/mol. The van der Waals surface area contributed by atoms with Gasteiger partial charge in [-0.1, -0.05) is 18.2 Å². The predicted molar refractivity (Wildman–Crippen MR) is 107 cm³/mol. The fraction of sp³-hybridized carbons (Fsp3) is 0.500. The summed E-state index contributed by atoms with van der Waals surface area (Å²) in [5.41, 5.74) is 1.40. The molecule has 6 nitrogen and oxygen atoms in total. The topological polar surface area (TPSA) is 68.7 Å². The molecular weight excluding hydrogens is 356 g/mol. The molecule has 150 valence electrons. The molecule has 2 atom stereocenters. The molecule has 0 spiro atoms. The third kappa shape index (κ3) is 4.43. The Morgan fingerprint density at radius 1 is 1.21 bits per heavy atom. The maximum absolute atomic E-state index is 12.8. The van der Waals surface area contributed by atoms with Gasteiger partial charge in [0.15, 0.2) is 0 Å². The highest BCUT2D eigenvalue weighted by Crippen LogP contribution is 2.37. The number of ether oxygens (including phenoxy) is 2. The lowest BCUT2D eigenvalue weighted by molar-refractivity contribution is -0.150. The van der Waals surface area contributed by atoms with Crippen molar-refractivity contribution in [3.8, 4) is 0 Å². The molecule has 0 radical (unpaired) electrons. The molecular formula is C22H28N2O4. The molecule has 2 aromatic rings. The van der Waals surface area contributed by atoms with Gasteiger partial charge in [0.2, 0.25) is 0 Å². The van der Waals surface area contributed by atoms with Crippen LogP contribution in [0.4, 0.5) is 4.79 Å². The summed E-state index contributed by atoms with van der Waals surface area (Å²) in [5.74, 6) is -0.751. The molecule has 1 aromatic carbocycles. The Hall–Kier alpha value is -2.63. The van der Waals surface area contributed by atoms with Gasteiger partial charge in [-0.05, 0) is 51.8 Å². The molecule has 1 aliphatic rings. The summed E-state index contributed by atoms with van der Waals surface area (Å²) in [5, 5.41) is 1.04. The quantitative estimate of drug-likeness (QED) is 0.744. The van der Waals surface area contributed by atoms with Crippen LogP contribution in [0.2, 0.25) is 0 Å². The Balaban J connectivity index is 1.91. The zero-order valence-corrected chi connectivity index (χ0v) is 17.0. The van der Waals surface area contributed by atoms with Crippen LogP contribution in [-0.2, 0) is 14.3 Å². The third-order valence-corrected chi connectivity index (χ3v) is 4.94. The number of piperidine rings is 1. The smallest absolute Gasteiger partial charge is 0.410 e. The minimum atomic E-state index is -0.575. The molecule has 1 fully saturated rings. The Morgan fingerprint density at radius 2 is 1.96 bits per heavy atom. The second kappa shape index (κ2) is 8.17. The molecule has 1 amide bonds. The summed E-state index contributed by atoms with van der Waals surface area (Å²) in [4.78, 5) is 31.3. The van der Waals surface area contributed by atoms with Gasteiger partial charge in [0.25, 0.3) is 0 Å². The lowest BCUT2D eigenvalue weighted by Gasteiger charge is -2.38. The van der Waals surface area contributed by atoms with Crippen LogP contribution in [0, 0.1) is 5.92 Å². The number of fused-ring (bicyclic) bond motifs is 1. The number of amides is 1. The van der Waals surface area contributed by atoms with E-state index < -0.39 is 11.5 Å². The van der Waals surface area contributed by atoms with Crippen molar-refractivity contribution in [2.75, 3.05) is 19.7 Å². The van der Waals surface area contributed by atoms with E-state index >= 15 is 0 Å². The highest BCUT2D eigenvalue weighted by Gasteiger charge is 2.39. The zero-order valence-electron chi connectivity index (χ0n) is 17.0. The second-order valence-electron chi connectivity index (χ2n) is 8.10. The minimum absolute atomic E-state index is 0.0364. The van der Waals surface area contributed by atoms with Crippen LogP contribution in [-0.4, -0.2) is 47.2 Å². The minimum Gasteiger partial charge on any atom is -0.466 e. The fourth-order valence-corrected chi connectivity index (χ4v) is 3.75. The molecule has 6 heteroatoms. The van der Waals surface area contributed by atoms with Gasteiger partial charge in [-0.2, -0.15) is 0 Å². The van der Waals surface area contributed by atoms with E-state index in [1.54, 1.807) is 18.0 Å². The van der Waals surface area contributed by atoms with Crippen LogP contribution in [0.1, 0.15) is 45.6 Å². The number of nitrogens with zero attached hydrogens (tertiary/aromatic N) is 2. The largest absolute Gasteiger partial charge is 0.466 e. The maximum atomic E-state index is 12.8. The first-order valence-electron chi connectivity index (χ1n) is 9.78. The Bertz CT molecular complexity index is 854. The normalized spacial score (nSPS) is 20.1. The molecule has 0 bridgehead atoms. The number of hydrogen-bond acceptors (Lipinski definition) is 5. The van der Waals surface area contributed by atoms with Gasteiger partial charge in [-0.25, -0.2) is 4.79 Å². The number of carbonyl (C=O) groups excluding carboxylic acids is 2. The highest BCUT2D eigenvalue weighted by molar-refractivity contribution is 5.84. The Labute approximate surface area is 165 Å². The van der Waals surface area contributed by atoms with E-state index in [4.69, 9.17) is 9.47 Å². The molecule has 1 aliphatic heterocycles. The number of esters is 1. The first kappa shape index (κ1) is 20.1. The number of aromatic nitrogens is 1. The first-order chi connectivity index (χ1) is 13.3. The number of likely N-dealkylation sites (tertiary alicyclic amines) is 1. The summed E-state index contributed by atoms with van der Waals surface area (Å²) < 4.78 is 10.8. The van der Waals surface area contributed by atoms with Gasteiger partial charge >= 0.3 is 12.1 Å². The van der Waals surface area contributed by atoms with Crippen molar-refractivity contribution in [1.82, 2.24) is 9.88 Å². The van der Waals surface area contributed by atoms with Crippen molar-refractivity contribution in [3.05, 3.63) is 42.1 Å². The molecule has 0 saturated carbocycles. The first-order valence-corrected chi connectivity index (χ1v) is 9.78. The molecule has 3 rings (SSSR count). The van der Waals surface area contributed by atoms with Gasteiger partial charge in [0.1, 0.15) is 5.60 Å². The van der Waals surface area contributed by atoms with Gasteiger partial charge in [0, 0.05) is 30.6 Å². The number of rotatable bonds is 3. The number of pyridine rings is 1. The van der Waals surface area contributed by atoms with Crippen molar-refractivity contribution in [2.45, 2.75) is 45.6 Å². The Kier molecular flexibility index (Phi) is 5.87. The van der Waals surface area contributed by atoms with E-state index in [2.05, 4.69) is 4.98 Å². The summed E-state index contributed by atoms with van der Waals surface area (Å²) >= 11 is 0. The summed E-state index contributed by atoms with van der Waals surface area (Å²) in [6.45, 7) is 8.44. The van der Waals surface area contributed by atoms with Crippen molar-refractivity contribution in [3.63, 3.8) is 0 Å². The van der Waals surface area contributed by atoms with Crippen LogP contribution in [0.15, 0.2) is 36.5 Å². The number of carbonyl (C=O) groups is 2. The lowest BCUT2D eigenvalue weighted by Crippen LogP contribution is -2.47. The van der Waals surface area contributed by atoms with Crippen molar-refractivity contribution in [2.24, 2.45) is 5.92 Å². The molecule has 28 heavy (non-hydrogen) atoms. The maximum Gasteiger partial charge on any atom is 0.410 e. The van der Waals surface area contributed by atoms with Gasteiger partial charge in [-0.15, -0.1) is 0 Å². The van der Waals surface area contributed by atoms with Gasteiger partial charge in [0.05, 0.1) is 18.0 Å². The van der Waals surface area contributed by atoms with E-state index in [1.807, 2.05) is 51.1 Å². The fourth-order valence-electron chi connectivity index (χ4n) is 3.75. The van der Waals surface area contributed by atoms with E-state index in [0.29, 0.717) is 19.6 Å². The van der Waals surface area contributed by atoms with Crippen LogP contribution in [0.3, 0.4) is 0 Å².